The van der Waals surface area contributed by atoms with Crippen LogP contribution in [0.1, 0.15) is 5.56 Å². The van der Waals surface area contributed by atoms with Gasteiger partial charge in [-0.1, -0.05) is 12.1 Å². The quantitative estimate of drug-likeness (QED) is 0.903. The van der Waals surface area contributed by atoms with Crippen molar-refractivity contribution in [3.63, 3.8) is 0 Å². The molecule has 3 nitrogen and oxygen atoms in total. The number of rotatable bonds is 4. The van der Waals surface area contributed by atoms with Gasteiger partial charge in [-0.3, -0.25) is 0 Å². The first-order valence-corrected chi connectivity index (χ1v) is 5.53. The van der Waals surface area contributed by atoms with Gasteiger partial charge in [0.2, 0.25) is 0 Å². The standard InChI is InChI=1S/C14H14FNO2/c1-17-13-4-2-3-5-14(13)18-12-7-10(9-16)6-11(15)8-12/h2-8H,9,16H2,1H3. The van der Waals surface area contributed by atoms with E-state index in [1.165, 1.54) is 12.1 Å². The molecule has 0 atom stereocenters. The molecular weight excluding hydrogens is 233 g/mol. The third-order valence-electron chi connectivity index (χ3n) is 2.46. The molecule has 94 valence electrons. The van der Waals surface area contributed by atoms with E-state index in [1.54, 1.807) is 25.3 Å². The van der Waals surface area contributed by atoms with E-state index in [2.05, 4.69) is 0 Å². The second kappa shape index (κ2) is 5.51. The van der Waals surface area contributed by atoms with Gasteiger partial charge in [0.25, 0.3) is 0 Å². The minimum Gasteiger partial charge on any atom is -0.493 e. The van der Waals surface area contributed by atoms with Crippen molar-refractivity contribution in [1.29, 1.82) is 0 Å². The third-order valence-corrected chi connectivity index (χ3v) is 2.46. The Hall–Kier alpha value is -2.07. The maximum Gasteiger partial charge on any atom is 0.169 e. The van der Waals surface area contributed by atoms with E-state index in [1.807, 2.05) is 12.1 Å². The van der Waals surface area contributed by atoms with E-state index in [-0.39, 0.29) is 12.4 Å². The first-order valence-electron chi connectivity index (χ1n) is 5.53. The number of hydrogen-bond donors (Lipinski definition) is 1. The Morgan fingerprint density at radius 1 is 1.11 bits per heavy atom. The summed E-state index contributed by atoms with van der Waals surface area (Å²) in [5.74, 6) is 1.16. The van der Waals surface area contributed by atoms with Gasteiger partial charge in [0.1, 0.15) is 11.6 Å². The number of nitrogens with two attached hydrogens (primary N) is 1. The summed E-state index contributed by atoms with van der Waals surface area (Å²) < 4.78 is 24.1. The van der Waals surface area contributed by atoms with Gasteiger partial charge in [0.05, 0.1) is 7.11 Å². The Labute approximate surface area is 105 Å². The fourth-order valence-corrected chi connectivity index (χ4v) is 1.63. The van der Waals surface area contributed by atoms with Crippen LogP contribution in [-0.4, -0.2) is 7.11 Å². The van der Waals surface area contributed by atoms with Crippen molar-refractivity contribution in [2.75, 3.05) is 7.11 Å². The number of halogens is 1. The molecule has 0 aliphatic rings. The summed E-state index contributed by atoms with van der Waals surface area (Å²) in [6.45, 7) is 0.264. The largest absolute Gasteiger partial charge is 0.493 e. The number of methoxy groups -OCH3 is 1. The van der Waals surface area contributed by atoms with Crippen molar-refractivity contribution in [2.24, 2.45) is 5.73 Å². The summed E-state index contributed by atoms with van der Waals surface area (Å²) in [5, 5.41) is 0. The highest BCUT2D eigenvalue weighted by atomic mass is 19.1. The van der Waals surface area contributed by atoms with Crippen molar-refractivity contribution in [3.8, 4) is 17.2 Å². The summed E-state index contributed by atoms with van der Waals surface area (Å²) in [5.41, 5.74) is 6.17. The second-order valence-electron chi connectivity index (χ2n) is 3.75. The Bertz CT molecular complexity index is 543. The molecule has 2 aromatic carbocycles. The molecule has 0 aromatic heterocycles. The van der Waals surface area contributed by atoms with Crippen molar-refractivity contribution in [3.05, 3.63) is 53.8 Å². The lowest BCUT2D eigenvalue weighted by Gasteiger charge is -2.10. The van der Waals surface area contributed by atoms with Crippen LogP contribution in [-0.2, 0) is 6.54 Å². The molecule has 0 aliphatic heterocycles. The smallest absolute Gasteiger partial charge is 0.169 e. The Morgan fingerprint density at radius 3 is 2.50 bits per heavy atom. The van der Waals surface area contributed by atoms with Gasteiger partial charge in [-0.15, -0.1) is 0 Å². The zero-order chi connectivity index (χ0) is 13.0. The second-order valence-corrected chi connectivity index (χ2v) is 3.75. The predicted molar refractivity (Wildman–Crippen MR) is 67.4 cm³/mol. The highest BCUT2D eigenvalue weighted by Crippen LogP contribution is 2.31. The molecular formula is C14H14FNO2. The van der Waals surface area contributed by atoms with Crippen LogP contribution in [0.25, 0.3) is 0 Å². The van der Waals surface area contributed by atoms with Gasteiger partial charge < -0.3 is 15.2 Å². The van der Waals surface area contributed by atoms with Crippen LogP contribution >= 0.6 is 0 Å². The van der Waals surface area contributed by atoms with E-state index in [0.717, 1.165) is 0 Å². The lowest BCUT2D eigenvalue weighted by Crippen LogP contribution is -1.98. The summed E-state index contributed by atoms with van der Waals surface area (Å²) in [7, 11) is 1.55. The molecule has 0 bridgehead atoms. The first-order chi connectivity index (χ1) is 8.72. The molecule has 0 aliphatic carbocycles. The molecule has 0 amide bonds. The van der Waals surface area contributed by atoms with Crippen LogP contribution in [0.3, 0.4) is 0 Å². The molecule has 2 N–H and O–H groups in total. The third kappa shape index (κ3) is 2.78. The van der Waals surface area contributed by atoms with E-state index < -0.39 is 0 Å². The monoisotopic (exact) mass is 247 g/mol. The first kappa shape index (κ1) is 12.4. The lowest BCUT2D eigenvalue weighted by molar-refractivity contribution is 0.378. The number of benzene rings is 2. The maximum absolute atomic E-state index is 13.3. The Balaban J connectivity index is 2.30. The van der Waals surface area contributed by atoms with Crippen LogP contribution in [0.15, 0.2) is 42.5 Å². The highest BCUT2D eigenvalue weighted by molar-refractivity contribution is 5.43. The van der Waals surface area contributed by atoms with Gasteiger partial charge in [-0.25, -0.2) is 4.39 Å². The van der Waals surface area contributed by atoms with Crippen LogP contribution in [0.5, 0.6) is 17.2 Å². The van der Waals surface area contributed by atoms with Crippen LogP contribution in [0.4, 0.5) is 4.39 Å². The molecule has 0 heterocycles. The fourth-order valence-electron chi connectivity index (χ4n) is 1.63. The van der Waals surface area contributed by atoms with E-state index in [9.17, 15) is 4.39 Å². The number of ether oxygens (including phenoxy) is 2. The summed E-state index contributed by atoms with van der Waals surface area (Å²) in [6.07, 6.45) is 0. The molecule has 0 fully saturated rings. The molecule has 0 saturated carbocycles. The van der Waals surface area contributed by atoms with Crippen molar-refractivity contribution < 1.29 is 13.9 Å². The predicted octanol–water partition coefficient (Wildman–Crippen LogP) is 3.09. The molecule has 18 heavy (non-hydrogen) atoms. The number of para-hydroxylation sites is 2. The van der Waals surface area contributed by atoms with Crippen LogP contribution in [0, 0.1) is 5.82 Å². The highest BCUT2D eigenvalue weighted by Gasteiger charge is 2.06. The zero-order valence-electron chi connectivity index (χ0n) is 10.0. The van der Waals surface area contributed by atoms with Crippen LogP contribution < -0.4 is 15.2 Å². The Kier molecular flexibility index (Phi) is 3.79. The Morgan fingerprint density at radius 2 is 1.83 bits per heavy atom. The molecule has 0 radical (unpaired) electrons. The van der Waals surface area contributed by atoms with E-state index >= 15 is 0 Å². The minimum absolute atomic E-state index is 0.264. The van der Waals surface area contributed by atoms with Gasteiger partial charge in [-0.05, 0) is 29.8 Å². The van der Waals surface area contributed by atoms with E-state index in [4.69, 9.17) is 15.2 Å². The van der Waals surface area contributed by atoms with Gasteiger partial charge in [0.15, 0.2) is 11.5 Å². The van der Waals surface area contributed by atoms with Crippen molar-refractivity contribution in [2.45, 2.75) is 6.54 Å². The maximum atomic E-state index is 13.3. The molecule has 2 rings (SSSR count). The fraction of sp³-hybridized carbons (Fsp3) is 0.143. The summed E-state index contributed by atoms with van der Waals surface area (Å²) >= 11 is 0. The van der Waals surface area contributed by atoms with E-state index in [0.29, 0.717) is 22.8 Å². The molecule has 4 heteroatoms. The van der Waals surface area contributed by atoms with Gasteiger partial charge >= 0.3 is 0 Å². The van der Waals surface area contributed by atoms with Crippen molar-refractivity contribution >= 4 is 0 Å². The van der Waals surface area contributed by atoms with Gasteiger partial charge in [-0.2, -0.15) is 0 Å². The van der Waals surface area contributed by atoms with Crippen LogP contribution in [0.2, 0.25) is 0 Å². The number of hydrogen-bond acceptors (Lipinski definition) is 3. The van der Waals surface area contributed by atoms with Gasteiger partial charge in [0, 0.05) is 12.6 Å². The molecule has 0 unspecified atom stereocenters. The SMILES string of the molecule is COc1ccccc1Oc1cc(F)cc(CN)c1. The average Bonchev–Trinajstić information content (AvgIpc) is 2.38. The molecule has 0 spiro atoms. The summed E-state index contributed by atoms with van der Waals surface area (Å²) in [6, 6.07) is 11.6. The minimum atomic E-state index is -0.372. The zero-order valence-corrected chi connectivity index (χ0v) is 10.0. The average molecular weight is 247 g/mol. The molecule has 0 saturated heterocycles. The normalized spacial score (nSPS) is 10.2. The molecule has 2 aromatic rings. The summed E-state index contributed by atoms with van der Waals surface area (Å²) in [4.78, 5) is 0. The topological polar surface area (TPSA) is 44.5 Å². The lowest BCUT2D eigenvalue weighted by atomic mass is 10.2. The van der Waals surface area contributed by atoms with Crippen molar-refractivity contribution in [1.82, 2.24) is 0 Å².